The van der Waals surface area contributed by atoms with Gasteiger partial charge in [0.05, 0.1) is 5.69 Å². The highest BCUT2D eigenvalue weighted by atomic mass is 32.1. The van der Waals surface area contributed by atoms with E-state index in [2.05, 4.69) is 4.98 Å². The fourth-order valence-corrected chi connectivity index (χ4v) is 3.61. The third kappa shape index (κ3) is 1.72. The Balaban J connectivity index is 2.06. The van der Waals surface area contributed by atoms with Crippen LogP contribution < -0.4 is 5.73 Å². The van der Waals surface area contributed by atoms with Gasteiger partial charge in [-0.3, -0.25) is 0 Å². The number of halogens is 1. The normalized spacial score (nSPS) is 18.4. The summed E-state index contributed by atoms with van der Waals surface area (Å²) >= 11 is 1.57. The molecule has 1 aromatic carbocycles. The van der Waals surface area contributed by atoms with Crippen molar-refractivity contribution < 1.29 is 4.39 Å². The lowest BCUT2D eigenvalue weighted by Gasteiger charge is -2.13. The summed E-state index contributed by atoms with van der Waals surface area (Å²) in [6, 6.07) is 5.02. The Morgan fingerprint density at radius 1 is 1.47 bits per heavy atom. The molecule has 0 bridgehead atoms. The lowest BCUT2D eigenvalue weighted by atomic mass is 9.94. The van der Waals surface area contributed by atoms with Crippen LogP contribution in [0.25, 0.3) is 0 Å². The third-order valence-electron chi connectivity index (χ3n) is 3.34. The second-order valence-corrected chi connectivity index (χ2v) is 5.52. The smallest absolute Gasteiger partial charge is 0.180 e. The van der Waals surface area contributed by atoms with Gasteiger partial charge in [-0.15, -0.1) is 11.3 Å². The zero-order valence-corrected chi connectivity index (χ0v) is 10.4. The molecule has 1 unspecified atom stereocenters. The van der Waals surface area contributed by atoms with Crippen molar-refractivity contribution in [2.45, 2.75) is 25.7 Å². The summed E-state index contributed by atoms with van der Waals surface area (Å²) in [7, 11) is 0. The number of aryl methyl sites for hydroxylation is 2. The van der Waals surface area contributed by atoms with E-state index in [1.165, 1.54) is 16.5 Å². The van der Waals surface area contributed by atoms with Crippen molar-refractivity contribution in [2.75, 3.05) is 5.73 Å². The molecule has 4 heteroatoms. The second kappa shape index (κ2) is 3.81. The predicted octanol–water partition coefficient (Wildman–Crippen LogP) is 3.25. The number of fused-ring (bicyclic) bond motifs is 1. The summed E-state index contributed by atoms with van der Waals surface area (Å²) in [5, 5.41) is 0.638. The molecule has 88 valence electrons. The van der Waals surface area contributed by atoms with Gasteiger partial charge in [-0.1, -0.05) is 6.07 Å². The van der Waals surface area contributed by atoms with Crippen molar-refractivity contribution in [3.05, 3.63) is 45.7 Å². The summed E-state index contributed by atoms with van der Waals surface area (Å²) in [5.41, 5.74) is 9.08. The maximum Gasteiger partial charge on any atom is 0.180 e. The molecule has 1 atom stereocenters. The third-order valence-corrected chi connectivity index (χ3v) is 4.38. The number of benzene rings is 1. The molecule has 1 aliphatic carbocycles. The molecule has 0 saturated heterocycles. The number of nitrogens with two attached hydrogens (primary N) is 1. The van der Waals surface area contributed by atoms with E-state index in [0.717, 1.165) is 24.1 Å². The quantitative estimate of drug-likeness (QED) is 0.841. The fourth-order valence-electron chi connectivity index (χ4n) is 2.57. The van der Waals surface area contributed by atoms with Crippen molar-refractivity contribution >= 4 is 16.5 Å². The monoisotopic (exact) mass is 248 g/mol. The van der Waals surface area contributed by atoms with Crippen LogP contribution in [0.1, 0.15) is 34.0 Å². The molecule has 1 aromatic heterocycles. The van der Waals surface area contributed by atoms with Gasteiger partial charge in [-0.25, -0.2) is 9.37 Å². The van der Waals surface area contributed by atoms with E-state index in [9.17, 15) is 4.39 Å². The number of hydrogen-bond acceptors (Lipinski definition) is 3. The van der Waals surface area contributed by atoms with Gasteiger partial charge in [-0.2, -0.15) is 0 Å². The Kier molecular flexibility index (Phi) is 2.40. The second-order valence-electron chi connectivity index (χ2n) is 4.46. The first-order chi connectivity index (χ1) is 8.15. The molecule has 0 radical (unpaired) electrons. The topological polar surface area (TPSA) is 38.9 Å². The van der Waals surface area contributed by atoms with E-state index in [-0.39, 0.29) is 5.82 Å². The first-order valence-electron chi connectivity index (χ1n) is 5.66. The van der Waals surface area contributed by atoms with Gasteiger partial charge in [0.15, 0.2) is 5.13 Å². The summed E-state index contributed by atoms with van der Waals surface area (Å²) in [4.78, 5) is 5.60. The number of thiazole rings is 1. The van der Waals surface area contributed by atoms with Gasteiger partial charge >= 0.3 is 0 Å². The van der Waals surface area contributed by atoms with Crippen LogP contribution in [0.2, 0.25) is 0 Å². The standard InChI is InChI=1S/C13H13FN2S/c1-7-6-8(14)2-3-9(7)10-4-5-11-12(10)17-13(15)16-11/h2-3,6,10H,4-5H2,1H3,(H2,15,16). The van der Waals surface area contributed by atoms with E-state index in [4.69, 9.17) is 5.73 Å². The lowest BCUT2D eigenvalue weighted by molar-refractivity contribution is 0.624. The SMILES string of the molecule is Cc1cc(F)ccc1C1CCc2nc(N)sc21. The van der Waals surface area contributed by atoms with E-state index in [0.29, 0.717) is 11.0 Å². The molecule has 2 aromatic rings. The first kappa shape index (κ1) is 10.7. The molecule has 0 saturated carbocycles. The molecule has 0 fully saturated rings. The maximum absolute atomic E-state index is 13.1. The summed E-state index contributed by atoms with van der Waals surface area (Å²) in [6.07, 6.45) is 2.03. The highest BCUT2D eigenvalue weighted by Gasteiger charge is 2.28. The highest BCUT2D eigenvalue weighted by molar-refractivity contribution is 7.15. The minimum Gasteiger partial charge on any atom is -0.375 e. The number of hydrogen-bond donors (Lipinski definition) is 1. The fraction of sp³-hybridized carbons (Fsp3) is 0.308. The van der Waals surface area contributed by atoms with E-state index in [1.54, 1.807) is 17.4 Å². The van der Waals surface area contributed by atoms with Gasteiger partial charge in [-0.05, 0) is 43.0 Å². The highest BCUT2D eigenvalue weighted by Crippen LogP contribution is 2.43. The molecule has 0 aliphatic heterocycles. The Morgan fingerprint density at radius 3 is 3.06 bits per heavy atom. The van der Waals surface area contributed by atoms with Crippen LogP contribution in [-0.2, 0) is 6.42 Å². The number of rotatable bonds is 1. The van der Waals surface area contributed by atoms with Gasteiger partial charge in [0.2, 0.25) is 0 Å². The molecular formula is C13H13FN2S. The van der Waals surface area contributed by atoms with Crippen LogP contribution in [0.3, 0.4) is 0 Å². The van der Waals surface area contributed by atoms with Crippen molar-refractivity contribution in [2.24, 2.45) is 0 Å². The zero-order chi connectivity index (χ0) is 12.0. The minimum absolute atomic E-state index is 0.173. The first-order valence-corrected chi connectivity index (χ1v) is 6.48. The Morgan fingerprint density at radius 2 is 2.29 bits per heavy atom. The molecule has 1 heterocycles. The number of nitrogens with zero attached hydrogens (tertiary/aromatic N) is 1. The molecule has 17 heavy (non-hydrogen) atoms. The Bertz CT molecular complexity index is 577. The van der Waals surface area contributed by atoms with Gasteiger partial charge < -0.3 is 5.73 Å². The van der Waals surface area contributed by atoms with E-state index >= 15 is 0 Å². The van der Waals surface area contributed by atoms with Gasteiger partial charge in [0.1, 0.15) is 5.82 Å². The molecule has 2 nitrogen and oxygen atoms in total. The van der Waals surface area contributed by atoms with Crippen molar-refractivity contribution in [3.8, 4) is 0 Å². The summed E-state index contributed by atoms with van der Waals surface area (Å²) in [6.45, 7) is 1.96. The van der Waals surface area contributed by atoms with Gasteiger partial charge in [0, 0.05) is 10.8 Å². The number of aromatic nitrogens is 1. The zero-order valence-electron chi connectivity index (χ0n) is 9.53. The minimum atomic E-state index is -0.173. The Hall–Kier alpha value is -1.42. The molecule has 1 aliphatic rings. The Labute approximate surface area is 103 Å². The van der Waals surface area contributed by atoms with Crippen LogP contribution in [0, 0.1) is 12.7 Å². The number of anilines is 1. The summed E-state index contributed by atoms with van der Waals surface area (Å²) < 4.78 is 13.1. The van der Waals surface area contributed by atoms with Crippen molar-refractivity contribution in [1.29, 1.82) is 0 Å². The largest absolute Gasteiger partial charge is 0.375 e. The molecule has 0 spiro atoms. The molecule has 2 N–H and O–H groups in total. The lowest BCUT2D eigenvalue weighted by Crippen LogP contribution is -1.98. The molecular weight excluding hydrogens is 235 g/mol. The van der Waals surface area contributed by atoms with Crippen LogP contribution in [-0.4, -0.2) is 4.98 Å². The van der Waals surface area contributed by atoms with Crippen LogP contribution in [0.15, 0.2) is 18.2 Å². The maximum atomic E-state index is 13.1. The van der Waals surface area contributed by atoms with Gasteiger partial charge in [0.25, 0.3) is 0 Å². The molecule has 3 rings (SSSR count). The van der Waals surface area contributed by atoms with E-state index in [1.807, 2.05) is 13.0 Å². The van der Waals surface area contributed by atoms with E-state index < -0.39 is 0 Å². The van der Waals surface area contributed by atoms with Crippen LogP contribution >= 0.6 is 11.3 Å². The van der Waals surface area contributed by atoms with Crippen molar-refractivity contribution in [1.82, 2.24) is 4.98 Å². The summed E-state index contributed by atoms with van der Waals surface area (Å²) in [5.74, 6) is 0.175. The average molecular weight is 248 g/mol. The van der Waals surface area contributed by atoms with Crippen LogP contribution in [0.4, 0.5) is 9.52 Å². The van der Waals surface area contributed by atoms with Crippen LogP contribution in [0.5, 0.6) is 0 Å². The predicted molar refractivity (Wildman–Crippen MR) is 67.8 cm³/mol. The van der Waals surface area contributed by atoms with Crippen molar-refractivity contribution in [3.63, 3.8) is 0 Å². The number of nitrogen functional groups attached to an aromatic ring is 1. The molecule has 0 amide bonds. The average Bonchev–Trinajstić information content (AvgIpc) is 2.78.